The third kappa shape index (κ3) is 2.86. The molecule has 24 heavy (non-hydrogen) atoms. The fraction of sp³-hybridized carbons (Fsp3) is 0.0526. The van der Waals surface area contributed by atoms with Gasteiger partial charge in [-0.2, -0.15) is 0 Å². The first-order chi connectivity index (χ1) is 11.7. The zero-order chi connectivity index (χ0) is 16.5. The molecule has 2 aromatic carbocycles. The zero-order valence-electron chi connectivity index (χ0n) is 13.0. The number of halogens is 1. The lowest BCUT2D eigenvalue weighted by molar-refractivity contribution is 1.23. The molecule has 3 nitrogen and oxygen atoms in total. The molecule has 0 aliphatic rings. The summed E-state index contributed by atoms with van der Waals surface area (Å²) in [6, 6.07) is 18.2. The van der Waals surface area contributed by atoms with E-state index in [9.17, 15) is 0 Å². The topological polar surface area (TPSA) is 37.8 Å². The fourth-order valence-corrected chi connectivity index (χ4v) is 3.73. The second kappa shape index (κ2) is 6.23. The lowest BCUT2D eigenvalue weighted by atomic mass is 10.1. The van der Waals surface area contributed by atoms with Crippen molar-refractivity contribution >= 4 is 44.7 Å². The second-order valence-electron chi connectivity index (χ2n) is 5.50. The number of rotatable bonds is 3. The van der Waals surface area contributed by atoms with Crippen molar-refractivity contribution in [1.82, 2.24) is 9.97 Å². The van der Waals surface area contributed by atoms with Crippen LogP contribution in [0.4, 0.5) is 11.5 Å². The monoisotopic (exact) mass is 351 g/mol. The maximum Gasteiger partial charge on any atom is 0.142 e. The maximum absolute atomic E-state index is 6.11. The Balaban J connectivity index is 1.79. The van der Waals surface area contributed by atoms with Gasteiger partial charge in [0.1, 0.15) is 17.0 Å². The third-order valence-electron chi connectivity index (χ3n) is 3.84. The van der Waals surface area contributed by atoms with Gasteiger partial charge in [-0.05, 0) is 36.2 Å². The van der Waals surface area contributed by atoms with Crippen molar-refractivity contribution in [3.8, 4) is 10.4 Å². The van der Waals surface area contributed by atoms with Crippen LogP contribution in [-0.4, -0.2) is 9.97 Å². The minimum atomic E-state index is 0.698. The molecule has 0 saturated heterocycles. The molecule has 0 atom stereocenters. The van der Waals surface area contributed by atoms with Crippen LogP contribution in [-0.2, 0) is 0 Å². The van der Waals surface area contributed by atoms with Crippen molar-refractivity contribution in [3.05, 3.63) is 71.5 Å². The van der Waals surface area contributed by atoms with E-state index in [0.717, 1.165) is 27.3 Å². The van der Waals surface area contributed by atoms with Gasteiger partial charge in [0.15, 0.2) is 0 Å². The number of nitrogens with one attached hydrogen (secondary N) is 1. The molecule has 2 heterocycles. The minimum absolute atomic E-state index is 0.698. The Hall–Kier alpha value is -2.43. The standard InChI is InChI=1S/C19H14ClN3S/c1-12-7-8-14(20)9-16(12)23-18-15-10-17(13-5-3-2-4-6-13)24-19(15)22-11-21-18/h2-11H,1H3,(H,21,22,23). The first-order valence-electron chi connectivity index (χ1n) is 7.54. The molecular formula is C19H14ClN3S. The average molecular weight is 352 g/mol. The summed E-state index contributed by atoms with van der Waals surface area (Å²) in [7, 11) is 0. The Morgan fingerprint density at radius 2 is 1.83 bits per heavy atom. The van der Waals surface area contributed by atoms with E-state index in [1.807, 2.05) is 43.3 Å². The van der Waals surface area contributed by atoms with Gasteiger partial charge in [-0.3, -0.25) is 0 Å². The van der Waals surface area contributed by atoms with Crippen molar-refractivity contribution in [2.45, 2.75) is 6.92 Å². The molecule has 0 aliphatic heterocycles. The van der Waals surface area contributed by atoms with Crippen LogP contribution in [0.2, 0.25) is 5.02 Å². The van der Waals surface area contributed by atoms with E-state index in [1.165, 1.54) is 10.4 Å². The van der Waals surface area contributed by atoms with Crippen LogP contribution in [0.1, 0.15) is 5.56 Å². The van der Waals surface area contributed by atoms with Crippen molar-refractivity contribution in [2.75, 3.05) is 5.32 Å². The molecule has 0 spiro atoms. The number of anilines is 2. The lowest BCUT2D eigenvalue weighted by Gasteiger charge is -2.09. The number of aromatic nitrogens is 2. The molecule has 118 valence electrons. The molecule has 1 N–H and O–H groups in total. The van der Waals surface area contributed by atoms with E-state index in [-0.39, 0.29) is 0 Å². The van der Waals surface area contributed by atoms with Gasteiger partial charge in [0.2, 0.25) is 0 Å². The van der Waals surface area contributed by atoms with Gasteiger partial charge in [0, 0.05) is 15.6 Å². The number of aryl methyl sites for hydroxylation is 1. The smallest absolute Gasteiger partial charge is 0.142 e. The molecule has 0 radical (unpaired) electrons. The maximum atomic E-state index is 6.11. The molecule has 2 aromatic heterocycles. The lowest BCUT2D eigenvalue weighted by Crippen LogP contribution is -1.96. The minimum Gasteiger partial charge on any atom is -0.339 e. The predicted octanol–water partition coefficient (Wildman–Crippen LogP) is 6.06. The van der Waals surface area contributed by atoms with Gasteiger partial charge < -0.3 is 5.32 Å². The van der Waals surface area contributed by atoms with Crippen LogP contribution in [0.5, 0.6) is 0 Å². The Kier molecular flexibility index (Phi) is 3.92. The summed E-state index contributed by atoms with van der Waals surface area (Å²) < 4.78 is 0. The molecular weight excluding hydrogens is 338 g/mol. The summed E-state index contributed by atoms with van der Waals surface area (Å²) in [6.07, 6.45) is 1.59. The second-order valence-corrected chi connectivity index (χ2v) is 6.97. The molecule has 4 aromatic rings. The van der Waals surface area contributed by atoms with Gasteiger partial charge in [-0.1, -0.05) is 48.0 Å². The predicted molar refractivity (Wildman–Crippen MR) is 102 cm³/mol. The largest absolute Gasteiger partial charge is 0.339 e. The summed E-state index contributed by atoms with van der Waals surface area (Å²) in [5.74, 6) is 0.795. The van der Waals surface area contributed by atoms with Crippen LogP contribution in [0.25, 0.3) is 20.7 Å². The highest BCUT2D eigenvalue weighted by Gasteiger charge is 2.11. The summed E-state index contributed by atoms with van der Waals surface area (Å²) in [6.45, 7) is 2.04. The Bertz CT molecular complexity index is 1010. The first-order valence-corrected chi connectivity index (χ1v) is 8.73. The molecule has 0 unspecified atom stereocenters. The van der Waals surface area contributed by atoms with E-state index in [4.69, 9.17) is 11.6 Å². The van der Waals surface area contributed by atoms with Crippen LogP contribution in [0, 0.1) is 6.92 Å². The third-order valence-corrected chi connectivity index (χ3v) is 5.17. The number of hydrogen-bond donors (Lipinski definition) is 1. The SMILES string of the molecule is Cc1ccc(Cl)cc1Nc1ncnc2sc(-c3ccccc3)cc12. The van der Waals surface area contributed by atoms with Gasteiger partial charge in [0.25, 0.3) is 0 Å². The van der Waals surface area contributed by atoms with Crippen molar-refractivity contribution in [2.24, 2.45) is 0 Å². The highest BCUT2D eigenvalue weighted by molar-refractivity contribution is 7.21. The highest BCUT2D eigenvalue weighted by atomic mass is 35.5. The number of benzene rings is 2. The molecule has 0 amide bonds. The Labute approximate surface area is 149 Å². The van der Waals surface area contributed by atoms with Crippen LogP contribution < -0.4 is 5.32 Å². The molecule has 0 aliphatic carbocycles. The van der Waals surface area contributed by atoms with E-state index in [2.05, 4.69) is 33.5 Å². The number of hydrogen-bond acceptors (Lipinski definition) is 4. The van der Waals surface area contributed by atoms with Crippen LogP contribution in [0.15, 0.2) is 60.9 Å². The number of nitrogens with zero attached hydrogens (tertiary/aromatic N) is 2. The van der Waals surface area contributed by atoms with Gasteiger partial charge >= 0.3 is 0 Å². The summed E-state index contributed by atoms with van der Waals surface area (Å²) >= 11 is 7.78. The van der Waals surface area contributed by atoms with E-state index < -0.39 is 0 Å². The highest BCUT2D eigenvalue weighted by Crippen LogP contribution is 2.36. The summed E-state index contributed by atoms with van der Waals surface area (Å²) in [4.78, 5) is 11.0. The Morgan fingerprint density at radius 1 is 1.00 bits per heavy atom. The fourth-order valence-electron chi connectivity index (χ4n) is 2.56. The summed E-state index contributed by atoms with van der Waals surface area (Å²) in [5, 5.41) is 5.10. The Morgan fingerprint density at radius 3 is 2.67 bits per heavy atom. The molecule has 0 bridgehead atoms. The van der Waals surface area contributed by atoms with E-state index in [1.54, 1.807) is 17.7 Å². The average Bonchev–Trinajstić information content (AvgIpc) is 3.04. The first kappa shape index (κ1) is 15.1. The van der Waals surface area contributed by atoms with Crippen LogP contribution in [0.3, 0.4) is 0 Å². The van der Waals surface area contributed by atoms with E-state index in [0.29, 0.717) is 5.02 Å². The molecule has 0 saturated carbocycles. The van der Waals surface area contributed by atoms with Gasteiger partial charge in [-0.15, -0.1) is 11.3 Å². The zero-order valence-corrected chi connectivity index (χ0v) is 14.5. The van der Waals surface area contributed by atoms with Crippen molar-refractivity contribution in [1.29, 1.82) is 0 Å². The summed E-state index contributed by atoms with van der Waals surface area (Å²) in [5.41, 5.74) is 3.25. The van der Waals surface area contributed by atoms with Crippen molar-refractivity contribution < 1.29 is 0 Å². The quantitative estimate of drug-likeness (QED) is 0.487. The molecule has 5 heteroatoms. The van der Waals surface area contributed by atoms with Gasteiger partial charge in [0.05, 0.1) is 5.39 Å². The molecule has 0 fully saturated rings. The molecule has 4 rings (SSSR count). The van der Waals surface area contributed by atoms with Crippen molar-refractivity contribution in [3.63, 3.8) is 0 Å². The normalized spacial score (nSPS) is 10.9. The van der Waals surface area contributed by atoms with E-state index >= 15 is 0 Å². The number of fused-ring (bicyclic) bond motifs is 1. The van der Waals surface area contributed by atoms with Gasteiger partial charge in [-0.25, -0.2) is 9.97 Å². The number of thiophene rings is 1. The van der Waals surface area contributed by atoms with Crippen LogP contribution >= 0.6 is 22.9 Å².